The average Bonchev–Trinajstić information content (AvgIpc) is 2.76. The average molecular weight is 192 g/mol. The molecule has 1 saturated carbocycles. The lowest BCUT2D eigenvalue weighted by Gasteiger charge is -2.13. The Hall–Kier alpha value is -0.960. The van der Waals surface area contributed by atoms with Crippen molar-refractivity contribution in [1.82, 2.24) is 10.2 Å². The Morgan fingerprint density at radius 3 is 2.71 bits per heavy atom. The molecule has 1 aromatic rings. The second kappa shape index (κ2) is 3.02. The first-order chi connectivity index (χ1) is 6.58. The van der Waals surface area contributed by atoms with Gasteiger partial charge in [0.05, 0.1) is 17.0 Å². The number of nitrogens with zero attached hydrogens (tertiary/aromatic N) is 2. The van der Waals surface area contributed by atoms with E-state index in [9.17, 15) is 5.11 Å². The lowest BCUT2D eigenvalue weighted by molar-refractivity contribution is 0.133. The Morgan fingerprint density at radius 2 is 2.21 bits per heavy atom. The van der Waals surface area contributed by atoms with Crippen molar-refractivity contribution in [1.29, 1.82) is 0 Å². The quantitative estimate of drug-likeness (QED) is 0.773. The van der Waals surface area contributed by atoms with Gasteiger partial charge in [0.15, 0.2) is 0 Å². The minimum absolute atomic E-state index is 0.358. The van der Waals surface area contributed by atoms with Crippen LogP contribution in [-0.4, -0.2) is 15.3 Å². The Labute approximate surface area is 84.2 Å². The molecule has 0 bridgehead atoms. The maximum absolute atomic E-state index is 10.2. The Morgan fingerprint density at radius 1 is 1.57 bits per heavy atom. The fourth-order valence-corrected chi connectivity index (χ4v) is 1.93. The first-order valence-corrected chi connectivity index (χ1v) is 5.14. The molecule has 2 rings (SSSR count). The fourth-order valence-electron chi connectivity index (χ4n) is 1.93. The lowest BCUT2D eigenvalue weighted by atomic mass is 10.0. The molecule has 3 heteroatoms. The molecule has 0 aliphatic heterocycles. The van der Waals surface area contributed by atoms with Crippen LogP contribution in [0.15, 0.2) is 6.07 Å². The second-order valence-electron chi connectivity index (χ2n) is 4.23. The molecule has 0 saturated heterocycles. The van der Waals surface area contributed by atoms with E-state index in [2.05, 4.69) is 17.1 Å². The molecule has 76 valence electrons. The van der Waals surface area contributed by atoms with Crippen molar-refractivity contribution in [3.63, 3.8) is 0 Å². The minimum atomic E-state index is -0.619. The van der Waals surface area contributed by atoms with Crippen molar-refractivity contribution >= 4 is 0 Å². The van der Waals surface area contributed by atoms with E-state index in [-0.39, 0.29) is 0 Å². The van der Waals surface area contributed by atoms with E-state index in [0.29, 0.717) is 5.92 Å². The van der Waals surface area contributed by atoms with Gasteiger partial charge in [0.1, 0.15) is 0 Å². The largest absolute Gasteiger partial charge is 0.385 e. The summed E-state index contributed by atoms with van der Waals surface area (Å²) in [5.74, 6) is 0.358. The molecule has 2 unspecified atom stereocenters. The monoisotopic (exact) mass is 192 g/mol. The van der Waals surface area contributed by atoms with Crippen LogP contribution in [-0.2, 0) is 12.0 Å². The van der Waals surface area contributed by atoms with Gasteiger partial charge in [-0.05, 0) is 31.7 Å². The van der Waals surface area contributed by atoms with Gasteiger partial charge in [0, 0.05) is 5.56 Å². The first-order valence-electron chi connectivity index (χ1n) is 5.14. The van der Waals surface area contributed by atoms with Gasteiger partial charge in [0.25, 0.3) is 0 Å². The van der Waals surface area contributed by atoms with Crippen molar-refractivity contribution in [3.05, 3.63) is 23.0 Å². The Bertz CT molecular complexity index is 364. The predicted molar refractivity (Wildman–Crippen MR) is 53.8 cm³/mol. The van der Waals surface area contributed by atoms with E-state index in [1.54, 1.807) is 0 Å². The van der Waals surface area contributed by atoms with Crippen LogP contribution in [0.5, 0.6) is 0 Å². The highest BCUT2D eigenvalue weighted by Gasteiger charge is 2.52. The summed E-state index contributed by atoms with van der Waals surface area (Å²) in [6.07, 6.45) is 1.68. The summed E-state index contributed by atoms with van der Waals surface area (Å²) in [5.41, 5.74) is 2.18. The van der Waals surface area contributed by atoms with Crippen LogP contribution in [0.3, 0.4) is 0 Å². The molecule has 3 nitrogen and oxygen atoms in total. The van der Waals surface area contributed by atoms with Gasteiger partial charge in [-0.3, -0.25) is 0 Å². The smallest absolute Gasteiger partial charge is 0.0945 e. The van der Waals surface area contributed by atoms with Crippen molar-refractivity contribution in [2.45, 2.75) is 39.2 Å². The Balaban J connectivity index is 2.45. The van der Waals surface area contributed by atoms with Gasteiger partial charge in [-0.2, -0.15) is 10.2 Å². The summed E-state index contributed by atoms with van der Waals surface area (Å²) >= 11 is 0. The molecule has 1 N–H and O–H groups in total. The molecule has 1 aromatic heterocycles. The van der Waals surface area contributed by atoms with Gasteiger partial charge >= 0.3 is 0 Å². The highest BCUT2D eigenvalue weighted by molar-refractivity contribution is 5.33. The van der Waals surface area contributed by atoms with E-state index < -0.39 is 5.60 Å². The van der Waals surface area contributed by atoms with Gasteiger partial charge in [-0.15, -0.1) is 0 Å². The van der Waals surface area contributed by atoms with E-state index in [4.69, 9.17) is 0 Å². The van der Waals surface area contributed by atoms with Crippen LogP contribution >= 0.6 is 0 Å². The Kier molecular flexibility index (Phi) is 2.07. The molecule has 0 radical (unpaired) electrons. The standard InChI is InChI=1S/C11H16N2O/c1-4-10-9(5-8(3)12-13-10)11(14)6-7(11)2/h5,7,14H,4,6H2,1-3H3. The summed E-state index contributed by atoms with van der Waals surface area (Å²) in [7, 11) is 0. The van der Waals surface area contributed by atoms with Crippen molar-refractivity contribution in [3.8, 4) is 0 Å². The number of rotatable bonds is 2. The summed E-state index contributed by atoms with van der Waals surface area (Å²) in [6.45, 7) is 6.01. The van der Waals surface area contributed by atoms with E-state index in [0.717, 1.165) is 29.8 Å². The summed E-state index contributed by atoms with van der Waals surface area (Å²) < 4.78 is 0. The van der Waals surface area contributed by atoms with Crippen LogP contribution in [0, 0.1) is 12.8 Å². The van der Waals surface area contributed by atoms with Gasteiger partial charge in [-0.25, -0.2) is 0 Å². The zero-order valence-corrected chi connectivity index (χ0v) is 8.91. The van der Waals surface area contributed by atoms with Gasteiger partial charge in [0.2, 0.25) is 0 Å². The number of aliphatic hydroxyl groups is 1. The number of hydrogen-bond acceptors (Lipinski definition) is 3. The zero-order valence-electron chi connectivity index (χ0n) is 8.91. The SMILES string of the molecule is CCc1nnc(C)cc1C1(O)CC1C. The minimum Gasteiger partial charge on any atom is -0.385 e. The molecule has 1 heterocycles. The fraction of sp³-hybridized carbons (Fsp3) is 0.636. The maximum atomic E-state index is 10.2. The highest BCUT2D eigenvalue weighted by Crippen LogP contribution is 2.52. The van der Waals surface area contributed by atoms with Crippen LogP contribution in [0.1, 0.15) is 37.2 Å². The third-order valence-corrected chi connectivity index (χ3v) is 3.07. The van der Waals surface area contributed by atoms with Crippen molar-refractivity contribution < 1.29 is 5.11 Å². The van der Waals surface area contributed by atoms with Crippen molar-refractivity contribution in [2.24, 2.45) is 5.92 Å². The molecule has 0 spiro atoms. The summed E-state index contributed by atoms with van der Waals surface area (Å²) in [4.78, 5) is 0. The molecule has 14 heavy (non-hydrogen) atoms. The first kappa shape index (κ1) is 9.59. The number of hydrogen-bond donors (Lipinski definition) is 1. The molecule has 1 aliphatic rings. The van der Waals surface area contributed by atoms with Crippen LogP contribution < -0.4 is 0 Å². The maximum Gasteiger partial charge on any atom is 0.0945 e. The lowest BCUT2D eigenvalue weighted by Crippen LogP contribution is -2.13. The molecule has 1 fully saturated rings. The molecule has 1 aliphatic carbocycles. The van der Waals surface area contributed by atoms with E-state index in [1.165, 1.54) is 0 Å². The van der Waals surface area contributed by atoms with E-state index in [1.807, 2.05) is 19.9 Å². The third-order valence-electron chi connectivity index (χ3n) is 3.07. The number of aromatic nitrogens is 2. The number of aryl methyl sites for hydroxylation is 2. The molecule has 0 amide bonds. The predicted octanol–water partition coefficient (Wildman–Crippen LogP) is 1.57. The second-order valence-corrected chi connectivity index (χ2v) is 4.23. The van der Waals surface area contributed by atoms with E-state index >= 15 is 0 Å². The third kappa shape index (κ3) is 1.32. The summed E-state index contributed by atoms with van der Waals surface area (Å²) in [5, 5.41) is 18.4. The van der Waals surface area contributed by atoms with Gasteiger partial charge < -0.3 is 5.11 Å². The van der Waals surface area contributed by atoms with Crippen LogP contribution in [0.25, 0.3) is 0 Å². The molecular weight excluding hydrogens is 176 g/mol. The highest BCUT2D eigenvalue weighted by atomic mass is 16.3. The molecule has 2 atom stereocenters. The topological polar surface area (TPSA) is 46.0 Å². The molecule has 0 aromatic carbocycles. The zero-order chi connectivity index (χ0) is 10.3. The summed E-state index contributed by atoms with van der Waals surface area (Å²) in [6, 6.07) is 1.97. The van der Waals surface area contributed by atoms with Gasteiger partial charge in [-0.1, -0.05) is 13.8 Å². The van der Waals surface area contributed by atoms with Crippen LogP contribution in [0.4, 0.5) is 0 Å². The van der Waals surface area contributed by atoms with Crippen molar-refractivity contribution in [2.75, 3.05) is 0 Å². The molecular formula is C11H16N2O. The normalized spacial score (nSPS) is 30.4. The van der Waals surface area contributed by atoms with Crippen LogP contribution in [0.2, 0.25) is 0 Å².